The average Bonchev–Trinajstić information content (AvgIpc) is 3.06. The molecule has 2 rings (SSSR count). The van der Waals surface area contributed by atoms with E-state index in [0.717, 1.165) is 18.7 Å². The Kier molecular flexibility index (Phi) is 4.89. The van der Waals surface area contributed by atoms with Crippen molar-refractivity contribution in [3.63, 3.8) is 0 Å². The van der Waals surface area contributed by atoms with Crippen molar-refractivity contribution in [2.75, 3.05) is 13.1 Å². The summed E-state index contributed by atoms with van der Waals surface area (Å²) in [4.78, 5) is 3.99. The van der Waals surface area contributed by atoms with Crippen LogP contribution in [0.3, 0.4) is 0 Å². The summed E-state index contributed by atoms with van der Waals surface area (Å²) in [6, 6.07) is 0.532. The lowest BCUT2D eigenvalue weighted by Gasteiger charge is -2.14. The van der Waals surface area contributed by atoms with Crippen LogP contribution < -0.4 is 10.0 Å². The van der Waals surface area contributed by atoms with E-state index in [-0.39, 0.29) is 0 Å². The van der Waals surface area contributed by atoms with Gasteiger partial charge in [-0.2, -0.15) is 5.10 Å². The van der Waals surface area contributed by atoms with Gasteiger partial charge in [0.1, 0.15) is 12.2 Å². The Bertz CT molecular complexity index is 469. The standard InChI is InChI=1S/C11H21N5O2S/c1-9(7-12-10-4-5-10)19(17,18)15-6-2-3-11-13-8-14-16-11/h8-10,12,15H,2-7H2,1H3,(H,13,14,16). The predicted molar refractivity (Wildman–Crippen MR) is 72.1 cm³/mol. The number of nitrogens with zero attached hydrogens (tertiary/aromatic N) is 2. The monoisotopic (exact) mass is 287 g/mol. The zero-order valence-corrected chi connectivity index (χ0v) is 11.9. The first-order chi connectivity index (χ1) is 9.08. The first-order valence-corrected chi connectivity index (χ1v) is 8.18. The van der Waals surface area contributed by atoms with E-state index in [2.05, 4.69) is 25.2 Å². The van der Waals surface area contributed by atoms with E-state index in [9.17, 15) is 8.42 Å². The average molecular weight is 287 g/mol. The van der Waals surface area contributed by atoms with Crippen LogP contribution >= 0.6 is 0 Å². The van der Waals surface area contributed by atoms with Gasteiger partial charge in [0.05, 0.1) is 5.25 Å². The molecule has 0 aliphatic heterocycles. The first kappa shape index (κ1) is 14.4. The van der Waals surface area contributed by atoms with Gasteiger partial charge in [-0.05, 0) is 26.2 Å². The van der Waals surface area contributed by atoms with E-state index in [1.54, 1.807) is 6.92 Å². The summed E-state index contributed by atoms with van der Waals surface area (Å²) in [7, 11) is -3.23. The second-order valence-electron chi connectivity index (χ2n) is 4.97. The highest BCUT2D eigenvalue weighted by atomic mass is 32.2. The number of aryl methyl sites for hydroxylation is 1. The van der Waals surface area contributed by atoms with Gasteiger partial charge < -0.3 is 5.32 Å². The molecular weight excluding hydrogens is 266 g/mol. The van der Waals surface area contributed by atoms with Crippen LogP contribution in [0.25, 0.3) is 0 Å². The van der Waals surface area contributed by atoms with Crippen LogP contribution in [-0.2, 0) is 16.4 Å². The topological polar surface area (TPSA) is 99.8 Å². The molecule has 1 heterocycles. The van der Waals surface area contributed by atoms with Crippen LogP contribution in [0.1, 0.15) is 32.0 Å². The van der Waals surface area contributed by atoms with Crippen molar-refractivity contribution in [2.45, 2.75) is 43.9 Å². The molecule has 0 spiro atoms. The van der Waals surface area contributed by atoms with Crippen molar-refractivity contribution < 1.29 is 8.42 Å². The van der Waals surface area contributed by atoms with Crippen LogP contribution in [-0.4, -0.2) is 48.0 Å². The van der Waals surface area contributed by atoms with E-state index in [1.165, 1.54) is 6.33 Å². The molecule has 0 bridgehead atoms. The second-order valence-corrected chi connectivity index (χ2v) is 7.15. The molecule has 0 radical (unpaired) electrons. The molecule has 108 valence electrons. The Balaban J connectivity index is 1.64. The Morgan fingerprint density at radius 3 is 2.95 bits per heavy atom. The molecule has 1 saturated carbocycles. The van der Waals surface area contributed by atoms with E-state index in [1.807, 2.05) is 0 Å². The molecule has 1 fully saturated rings. The first-order valence-electron chi connectivity index (χ1n) is 6.64. The number of hydrogen-bond acceptors (Lipinski definition) is 5. The van der Waals surface area contributed by atoms with Crippen molar-refractivity contribution in [3.8, 4) is 0 Å². The zero-order chi connectivity index (χ0) is 13.7. The second kappa shape index (κ2) is 6.44. The van der Waals surface area contributed by atoms with E-state index >= 15 is 0 Å². The van der Waals surface area contributed by atoms with E-state index in [4.69, 9.17) is 0 Å². The van der Waals surface area contributed by atoms with Gasteiger partial charge >= 0.3 is 0 Å². The Morgan fingerprint density at radius 2 is 2.32 bits per heavy atom. The van der Waals surface area contributed by atoms with E-state index in [0.29, 0.717) is 32.0 Å². The minimum atomic E-state index is -3.23. The molecule has 1 aliphatic carbocycles. The molecule has 1 aliphatic rings. The van der Waals surface area contributed by atoms with Crippen LogP contribution in [0.15, 0.2) is 6.33 Å². The third kappa shape index (κ3) is 4.88. The number of hydrogen-bond donors (Lipinski definition) is 3. The van der Waals surface area contributed by atoms with Gasteiger partial charge in [-0.15, -0.1) is 0 Å². The maximum Gasteiger partial charge on any atom is 0.215 e. The molecule has 3 N–H and O–H groups in total. The van der Waals surface area contributed by atoms with Crippen LogP contribution in [0.2, 0.25) is 0 Å². The fourth-order valence-corrected chi connectivity index (χ4v) is 2.72. The third-order valence-corrected chi connectivity index (χ3v) is 4.99. The van der Waals surface area contributed by atoms with Gasteiger partial charge in [-0.25, -0.2) is 18.1 Å². The van der Waals surface area contributed by atoms with Crippen molar-refractivity contribution in [2.24, 2.45) is 0 Å². The van der Waals surface area contributed by atoms with Crippen molar-refractivity contribution in [3.05, 3.63) is 12.2 Å². The summed E-state index contributed by atoms with van der Waals surface area (Å²) in [5.41, 5.74) is 0. The molecule has 0 amide bonds. The van der Waals surface area contributed by atoms with Gasteiger partial charge in [0.15, 0.2) is 0 Å². The maximum absolute atomic E-state index is 11.9. The maximum atomic E-state index is 11.9. The van der Waals surface area contributed by atoms with Gasteiger partial charge in [-0.3, -0.25) is 5.10 Å². The molecular formula is C11H21N5O2S. The van der Waals surface area contributed by atoms with Crippen molar-refractivity contribution in [1.82, 2.24) is 25.2 Å². The highest BCUT2D eigenvalue weighted by Crippen LogP contribution is 2.18. The predicted octanol–water partition coefficient (Wildman–Crippen LogP) is -0.203. The lowest BCUT2D eigenvalue weighted by molar-refractivity contribution is 0.554. The molecule has 7 nitrogen and oxygen atoms in total. The Labute approximate surface area is 113 Å². The van der Waals surface area contributed by atoms with Gasteiger partial charge in [-0.1, -0.05) is 0 Å². The smallest absolute Gasteiger partial charge is 0.215 e. The fraction of sp³-hybridized carbons (Fsp3) is 0.818. The lowest BCUT2D eigenvalue weighted by atomic mass is 10.3. The summed E-state index contributed by atoms with van der Waals surface area (Å²) < 4.78 is 26.5. The molecule has 19 heavy (non-hydrogen) atoms. The number of rotatable bonds is 9. The summed E-state index contributed by atoms with van der Waals surface area (Å²) in [5.74, 6) is 0.780. The molecule has 1 unspecified atom stereocenters. The molecule has 1 aromatic rings. The van der Waals surface area contributed by atoms with Crippen LogP contribution in [0, 0.1) is 0 Å². The molecule has 0 saturated heterocycles. The SMILES string of the molecule is CC(CNC1CC1)S(=O)(=O)NCCCc1ncn[nH]1. The van der Waals surface area contributed by atoms with Crippen molar-refractivity contribution in [1.29, 1.82) is 0 Å². The quantitative estimate of drug-likeness (QED) is 0.546. The third-order valence-electron chi connectivity index (χ3n) is 3.16. The number of aromatic amines is 1. The fourth-order valence-electron chi connectivity index (χ4n) is 1.69. The largest absolute Gasteiger partial charge is 0.313 e. The molecule has 8 heteroatoms. The number of H-pyrrole nitrogens is 1. The van der Waals surface area contributed by atoms with Gasteiger partial charge in [0.2, 0.25) is 10.0 Å². The minimum absolute atomic E-state index is 0.404. The Morgan fingerprint density at radius 1 is 1.53 bits per heavy atom. The van der Waals surface area contributed by atoms with Gasteiger partial charge in [0.25, 0.3) is 0 Å². The molecule has 1 aromatic heterocycles. The number of aromatic nitrogens is 3. The van der Waals surface area contributed by atoms with Gasteiger partial charge in [0, 0.05) is 25.6 Å². The van der Waals surface area contributed by atoms with Crippen molar-refractivity contribution >= 4 is 10.0 Å². The lowest BCUT2D eigenvalue weighted by Crippen LogP contribution is -2.40. The highest BCUT2D eigenvalue weighted by Gasteiger charge is 2.25. The molecule has 0 aromatic carbocycles. The summed E-state index contributed by atoms with van der Waals surface area (Å²) in [6.45, 7) is 2.67. The van der Waals surface area contributed by atoms with Crippen LogP contribution in [0.4, 0.5) is 0 Å². The highest BCUT2D eigenvalue weighted by molar-refractivity contribution is 7.90. The Hall–Kier alpha value is -0.990. The van der Waals surface area contributed by atoms with Crippen LogP contribution in [0.5, 0.6) is 0 Å². The number of nitrogens with one attached hydrogen (secondary N) is 3. The number of sulfonamides is 1. The normalized spacial score (nSPS) is 17.5. The summed E-state index contributed by atoms with van der Waals surface area (Å²) in [6.07, 6.45) is 5.17. The molecule has 1 atom stereocenters. The summed E-state index contributed by atoms with van der Waals surface area (Å²) in [5, 5.41) is 9.32. The summed E-state index contributed by atoms with van der Waals surface area (Å²) >= 11 is 0. The minimum Gasteiger partial charge on any atom is -0.313 e. The van der Waals surface area contributed by atoms with E-state index < -0.39 is 15.3 Å². The zero-order valence-electron chi connectivity index (χ0n) is 11.1.